The van der Waals surface area contributed by atoms with Gasteiger partial charge in [0.2, 0.25) is 0 Å². The Morgan fingerprint density at radius 1 is 1.03 bits per heavy atom. The quantitative estimate of drug-likeness (QED) is 0.458. The molecule has 3 heterocycles. The number of fused-ring (bicyclic) bond motifs is 1. The first-order chi connectivity index (χ1) is 15.3. The molecule has 5 rings (SSSR count). The summed E-state index contributed by atoms with van der Waals surface area (Å²) in [5.41, 5.74) is 4.90. The number of hydrogen-bond donors (Lipinski definition) is 1. The highest BCUT2D eigenvalue weighted by molar-refractivity contribution is 7.17. The van der Waals surface area contributed by atoms with Crippen molar-refractivity contribution >= 4 is 27.4 Å². The minimum Gasteiger partial charge on any atom is -0.379 e. The maximum Gasteiger partial charge on any atom is 0.139 e. The lowest BCUT2D eigenvalue weighted by molar-refractivity contribution is 0.0361. The average molecular weight is 431 g/mol. The summed E-state index contributed by atoms with van der Waals surface area (Å²) in [6, 6.07) is 19.4. The van der Waals surface area contributed by atoms with E-state index in [1.165, 1.54) is 22.3 Å². The predicted octanol–water partition coefficient (Wildman–Crippen LogP) is 5.15. The number of ether oxygens (including phenoxy) is 1. The Morgan fingerprint density at radius 2 is 1.81 bits per heavy atom. The van der Waals surface area contributed by atoms with E-state index in [1.54, 1.807) is 17.7 Å². The lowest BCUT2D eigenvalue weighted by Crippen LogP contribution is -2.40. The van der Waals surface area contributed by atoms with Gasteiger partial charge in [0.05, 0.1) is 24.6 Å². The molecule has 0 saturated carbocycles. The molecule has 1 atom stereocenters. The molecule has 1 saturated heterocycles. The Labute approximate surface area is 186 Å². The largest absolute Gasteiger partial charge is 0.379 e. The number of hydrogen-bond acceptors (Lipinski definition) is 6. The molecule has 5 nitrogen and oxygen atoms in total. The Balaban J connectivity index is 1.52. The van der Waals surface area contributed by atoms with Gasteiger partial charge in [-0.15, -0.1) is 11.3 Å². The summed E-state index contributed by atoms with van der Waals surface area (Å²) in [6.07, 6.45) is 1.66. The van der Waals surface area contributed by atoms with Crippen molar-refractivity contribution in [1.82, 2.24) is 14.9 Å². The lowest BCUT2D eigenvalue weighted by Gasteiger charge is -2.31. The van der Waals surface area contributed by atoms with Gasteiger partial charge in [0.25, 0.3) is 0 Å². The summed E-state index contributed by atoms with van der Waals surface area (Å²) in [5.74, 6) is 0.893. The number of nitrogens with zero attached hydrogens (tertiary/aromatic N) is 3. The number of thiophene rings is 1. The van der Waals surface area contributed by atoms with Crippen LogP contribution < -0.4 is 5.32 Å². The summed E-state index contributed by atoms with van der Waals surface area (Å²) in [4.78, 5) is 12.7. The van der Waals surface area contributed by atoms with Crippen LogP contribution in [0.2, 0.25) is 0 Å². The first kappa shape index (κ1) is 20.1. The number of aryl methyl sites for hydroxylation is 1. The van der Waals surface area contributed by atoms with E-state index >= 15 is 0 Å². The SMILES string of the molecule is Cc1ccc(C(CN2CCOCC2)Nc2ncnc3scc(-c4ccccc4)c23)cc1. The molecule has 0 amide bonds. The van der Waals surface area contributed by atoms with Crippen LogP contribution in [0.4, 0.5) is 5.82 Å². The topological polar surface area (TPSA) is 50.3 Å². The number of nitrogens with one attached hydrogen (secondary N) is 1. The second-order valence-electron chi connectivity index (χ2n) is 7.94. The van der Waals surface area contributed by atoms with Crippen molar-refractivity contribution in [3.05, 3.63) is 77.4 Å². The second kappa shape index (κ2) is 9.14. The van der Waals surface area contributed by atoms with Gasteiger partial charge in [0.15, 0.2) is 0 Å². The third kappa shape index (κ3) is 4.46. The van der Waals surface area contributed by atoms with Crippen molar-refractivity contribution in [3.8, 4) is 11.1 Å². The summed E-state index contributed by atoms with van der Waals surface area (Å²) in [7, 11) is 0. The molecule has 0 spiro atoms. The van der Waals surface area contributed by atoms with Gasteiger partial charge in [-0.1, -0.05) is 60.2 Å². The van der Waals surface area contributed by atoms with Crippen molar-refractivity contribution in [3.63, 3.8) is 0 Å². The summed E-state index contributed by atoms with van der Waals surface area (Å²) in [6.45, 7) is 6.53. The van der Waals surface area contributed by atoms with Crippen LogP contribution in [0.3, 0.4) is 0 Å². The van der Waals surface area contributed by atoms with Crippen LogP contribution in [0.1, 0.15) is 17.2 Å². The fourth-order valence-electron chi connectivity index (χ4n) is 4.05. The minimum atomic E-state index is 0.125. The van der Waals surface area contributed by atoms with Gasteiger partial charge in [0.1, 0.15) is 17.0 Å². The van der Waals surface area contributed by atoms with Gasteiger partial charge in [-0.25, -0.2) is 9.97 Å². The van der Waals surface area contributed by atoms with Crippen LogP contribution >= 0.6 is 11.3 Å². The van der Waals surface area contributed by atoms with Gasteiger partial charge in [-0.3, -0.25) is 4.90 Å². The zero-order valence-electron chi connectivity index (χ0n) is 17.6. The van der Waals surface area contributed by atoms with E-state index < -0.39 is 0 Å². The number of anilines is 1. The van der Waals surface area contributed by atoms with Crippen molar-refractivity contribution in [2.45, 2.75) is 13.0 Å². The van der Waals surface area contributed by atoms with E-state index in [0.29, 0.717) is 0 Å². The molecule has 1 unspecified atom stereocenters. The standard InChI is InChI=1S/C25H26N4OS/c1-18-7-9-20(10-8-18)22(15-29-11-13-30-14-12-29)28-24-23-21(19-5-3-2-4-6-19)16-31-25(23)27-17-26-24/h2-10,16-17,22H,11-15H2,1H3,(H,26,27,28). The third-order valence-electron chi connectivity index (χ3n) is 5.79. The first-order valence-corrected chi connectivity index (χ1v) is 11.6. The van der Waals surface area contributed by atoms with Crippen LogP contribution in [0.25, 0.3) is 21.3 Å². The van der Waals surface area contributed by atoms with Crippen LogP contribution in [-0.4, -0.2) is 47.7 Å². The second-order valence-corrected chi connectivity index (χ2v) is 8.80. The first-order valence-electron chi connectivity index (χ1n) is 10.7. The fraction of sp³-hybridized carbons (Fsp3) is 0.280. The molecule has 2 aromatic carbocycles. The van der Waals surface area contributed by atoms with E-state index in [1.807, 2.05) is 6.07 Å². The van der Waals surface area contributed by atoms with E-state index in [4.69, 9.17) is 4.74 Å². The Hall–Kier alpha value is -2.80. The molecular formula is C25H26N4OS. The van der Waals surface area contributed by atoms with E-state index in [0.717, 1.165) is 48.9 Å². The van der Waals surface area contributed by atoms with Crippen molar-refractivity contribution in [2.24, 2.45) is 0 Å². The molecule has 4 aromatic rings. The molecule has 1 aliphatic heterocycles. The molecule has 0 radical (unpaired) electrons. The molecular weight excluding hydrogens is 404 g/mol. The predicted molar refractivity (Wildman–Crippen MR) is 128 cm³/mol. The Kier molecular flexibility index (Phi) is 5.93. The van der Waals surface area contributed by atoms with Crippen LogP contribution in [0, 0.1) is 6.92 Å². The number of morpholine rings is 1. The maximum atomic E-state index is 5.55. The average Bonchev–Trinajstić information content (AvgIpc) is 3.26. The number of rotatable bonds is 6. The summed E-state index contributed by atoms with van der Waals surface area (Å²) in [5, 5.41) is 7.05. The van der Waals surface area contributed by atoms with Crippen molar-refractivity contribution in [2.75, 3.05) is 38.2 Å². The lowest BCUT2D eigenvalue weighted by atomic mass is 10.0. The van der Waals surface area contributed by atoms with Crippen molar-refractivity contribution in [1.29, 1.82) is 0 Å². The highest BCUT2D eigenvalue weighted by atomic mass is 32.1. The summed E-state index contributed by atoms with van der Waals surface area (Å²) < 4.78 is 5.55. The number of benzene rings is 2. The maximum absolute atomic E-state index is 5.55. The molecule has 1 fully saturated rings. The van der Waals surface area contributed by atoms with E-state index in [9.17, 15) is 0 Å². The van der Waals surface area contributed by atoms with Gasteiger partial charge in [0, 0.05) is 30.6 Å². The molecule has 6 heteroatoms. The van der Waals surface area contributed by atoms with Crippen LogP contribution in [0.15, 0.2) is 66.3 Å². The number of aromatic nitrogens is 2. The summed E-state index contributed by atoms with van der Waals surface area (Å²) >= 11 is 1.67. The molecule has 31 heavy (non-hydrogen) atoms. The highest BCUT2D eigenvalue weighted by Crippen LogP contribution is 2.37. The Morgan fingerprint density at radius 3 is 2.58 bits per heavy atom. The molecule has 0 bridgehead atoms. The zero-order chi connectivity index (χ0) is 21.0. The third-order valence-corrected chi connectivity index (χ3v) is 6.68. The van der Waals surface area contributed by atoms with Crippen LogP contribution in [-0.2, 0) is 4.74 Å². The molecule has 1 N–H and O–H groups in total. The molecule has 2 aromatic heterocycles. The smallest absolute Gasteiger partial charge is 0.139 e. The van der Waals surface area contributed by atoms with E-state index in [2.05, 4.69) is 81.0 Å². The van der Waals surface area contributed by atoms with Crippen molar-refractivity contribution < 1.29 is 4.74 Å². The Bertz CT molecular complexity index is 1140. The van der Waals surface area contributed by atoms with Gasteiger partial charge < -0.3 is 10.1 Å². The van der Waals surface area contributed by atoms with Gasteiger partial charge >= 0.3 is 0 Å². The minimum absolute atomic E-state index is 0.125. The van der Waals surface area contributed by atoms with Crippen LogP contribution in [0.5, 0.6) is 0 Å². The normalized spacial score (nSPS) is 15.8. The fourth-order valence-corrected chi connectivity index (χ4v) is 4.97. The van der Waals surface area contributed by atoms with Gasteiger partial charge in [-0.2, -0.15) is 0 Å². The highest BCUT2D eigenvalue weighted by Gasteiger charge is 2.21. The molecule has 1 aliphatic rings. The van der Waals surface area contributed by atoms with E-state index in [-0.39, 0.29) is 6.04 Å². The zero-order valence-corrected chi connectivity index (χ0v) is 18.4. The molecule has 158 valence electrons. The van der Waals surface area contributed by atoms with Gasteiger partial charge in [-0.05, 0) is 18.1 Å². The molecule has 0 aliphatic carbocycles. The monoisotopic (exact) mass is 430 g/mol.